The molecule has 2 heterocycles. The number of amides is 1. The summed E-state index contributed by atoms with van der Waals surface area (Å²) < 4.78 is 9.42. The van der Waals surface area contributed by atoms with Crippen molar-refractivity contribution in [3.63, 3.8) is 0 Å². The summed E-state index contributed by atoms with van der Waals surface area (Å²) in [7, 11) is 0. The SMILES string of the molecule is O=C1C(COc2cc[n+](Cc3ccccc3)cc2)CCN1Br. The molecule has 1 fully saturated rings. The molecular weight excluding hydrogens is 344 g/mol. The number of halogens is 1. The highest BCUT2D eigenvalue weighted by molar-refractivity contribution is 9.07. The standard InChI is InChI=1S/C17H18BrN2O2/c18-20-11-6-15(17(20)21)13-22-16-7-9-19(10-8-16)12-14-4-2-1-3-5-14/h1-5,7-10,15H,6,11-13H2/q+1. The van der Waals surface area contributed by atoms with Gasteiger partial charge in [0.05, 0.1) is 28.7 Å². The molecule has 4 nitrogen and oxygen atoms in total. The Hall–Kier alpha value is -1.88. The fourth-order valence-corrected chi connectivity index (χ4v) is 2.99. The molecule has 0 spiro atoms. The zero-order valence-electron chi connectivity index (χ0n) is 12.2. The molecule has 0 aliphatic carbocycles. The van der Waals surface area contributed by atoms with E-state index in [9.17, 15) is 4.79 Å². The fourth-order valence-electron chi connectivity index (χ4n) is 2.49. The lowest BCUT2D eigenvalue weighted by atomic mass is 10.1. The van der Waals surface area contributed by atoms with Gasteiger partial charge in [-0.25, -0.2) is 4.57 Å². The zero-order chi connectivity index (χ0) is 15.4. The molecule has 2 aromatic rings. The first kappa shape index (κ1) is 15.0. The summed E-state index contributed by atoms with van der Waals surface area (Å²) in [5.74, 6) is 0.858. The molecule has 22 heavy (non-hydrogen) atoms. The van der Waals surface area contributed by atoms with Gasteiger partial charge >= 0.3 is 0 Å². The molecule has 5 heteroatoms. The van der Waals surface area contributed by atoms with Crippen LogP contribution in [0, 0.1) is 5.92 Å². The van der Waals surface area contributed by atoms with E-state index in [0.717, 1.165) is 25.3 Å². The maximum absolute atomic E-state index is 11.8. The number of benzene rings is 1. The number of hydrogen-bond acceptors (Lipinski definition) is 2. The molecule has 1 atom stereocenters. The minimum atomic E-state index is -0.0453. The molecule has 3 rings (SSSR count). The quantitative estimate of drug-likeness (QED) is 0.605. The van der Waals surface area contributed by atoms with E-state index in [1.54, 1.807) is 3.93 Å². The minimum absolute atomic E-state index is 0.0453. The Kier molecular flexibility index (Phi) is 4.73. The largest absolute Gasteiger partial charge is 0.492 e. The Morgan fingerprint density at radius 2 is 1.91 bits per heavy atom. The predicted molar refractivity (Wildman–Crippen MR) is 86.4 cm³/mol. The number of nitrogens with zero attached hydrogens (tertiary/aromatic N) is 2. The van der Waals surface area contributed by atoms with E-state index in [4.69, 9.17) is 4.74 Å². The van der Waals surface area contributed by atoms with Crippen LogP contribution in [0.3, 0.4) is 0 Å². The summed E-state index contributed by atoms with van der Waals surface area (Å²) >= 11 is 3.24. The molecule has 1 amide bonds. The number of carbonyl (C=O) groups is 1. The van der Waals surface area contributed by atoms with Crippen molar-refractivity contribution >= 4 is 22.1 Å². The molecule has 0 radical (unpaired) electrons. The van der Waals surface area contributed by atoms with E-state index in [2.05, 4.69) is 32.8 Å². The van der Waals surface area contributed by atoms with Gasteiger partial charge in [-0.3, -0.25) is 8.72 Å². The number of carbonyl (C=O) groups excluding carboxylic acids is 1. The van der Waals surface area contributed by atoms with Gasteiger partial charge in [0.1, 0.15) is 5.75 Å². The summed E-state index contributed by atoms with van der Waals surface area (Å²) in [6, 6.07) is 14.2. The van der Waals surface area contributed by atoms with Crippen LogP contribution >= 0.6 is 16.1 Å². The van der Waals surface area contributed by atoms with E-state index in [0.29, 0.717) is 6.61 Å². The molecule has 1 saturated heterocycles. The van der Waals surface area contributed by atoms with Gasteiger partial charge in [-0.2, -0.15) is 0 Å². The highest BCUT2D eigenvalue weighted by atomic mass is 79.9. The van der Waals surface area contributed by atoms with E-state index in [1.165, 1.54) is 5.56 Å². The molecule has 0 saturated carbocycles. The smallest absolute Gasteiger partial charge is 0.239 e. The first-order chi connectivity index (χ1) is 10.7. The van der Waals surface area contributed by atoms with Crippen LogP contribution in [0.15, 0.2) is 54.9 Å². The van der Waals surface area contributed by atoms with E-state index < -0.39 is 0 Å². The first-order valence-electron chi connectivity index (χ1n) is 7.35. The normalized spacial score (nSPS) is 17.8. The van der Waals surface area contributed by atoms with Gasteiger partial charge in [-0.1, -0.05) is 30.3 Å². The second-order valence-corrected chi connectivity index (χ2v) is 6.27. The van der Waals surface area contributed by atoms with Gasteiger partial charge in [0, 0.05) is 24.2 Å². The fraction of sp³-hybridized carbons (Fsp3) is 0.294. The van der Waals surface area contributed by atoms with Crippen molar-refractivity contribution in [3.8, 4) is 5.75 Å². The first-order valence-corrected chi connectivity index (χ1v) is 8.06. The van der Waals surface area contributed by atoms with E-state index in [-0.39, 0.29) is 11.8 Å². The van der Waals surface area contributed by atoms with Crippen LogP contribution in [-0.4, -0.2) is 23.0 Å². The molecule has 0 bridgehead atoms. The predicted octanol–water partition coefficient (Wildman–Crippen LogP) is 2.56. The van der Waals surface area contributed by atoms with Gasteiger partial charge in [0.25, 0.3) is 0 Å². The average Bonchev–Trinajstić information content (AvgIpc) is 2.87. The third-order valence-electron chi connectivity index (χ3n) is 3.78. The van der Waals surface area contributed by atoms with Crippen LogP contribution in [-0.2, 0) is 11.3 Å². The lowest BCUT2D eigenvalue weighted by Gasteiger charge is -2.10. The van der Waals surface area contributed by atoms with Crippen molar-refractivity contribution in [1.82, 2.24) is 3.93 Å². The minimum Gasteiger partial charge on any atom is -0.492 e. The van der Waals surface area contributed by atoms with Crippen molar-refractivity contribution in [3.05, 3.63) is 60.4 Å². The number of aromatic nitrogens is 1. The number of rotatable bonds is 5. The van der Waals surface area contributed by atoms with Crippen LogP contribution < -0.4 is 9.30 Å². The van der Waals surface area contributed by atoms with Gasteiger partial charge in [0.15, 0.2) is 18.9 Å². The zero-order valence-corrected chi connectivity index (χ0v) is 13.8. The van der Waals surface area contributed by atoms with Crippen LogP contribution in [0.5, 0.6) is 5.75 Å². The van der Waals surface area contributed by atoms with Crippen molar-refractivity contribution in [1.29, 1.82) is 0 Å². The van der Waals surface area contributed by atoms with Crippen LogP contribution in [0.2, 0.25) is 0 Å². The Balaban J connectivity index is 1.54. The van der Waals surface area contributed by atoms with Crippen molar-refractivity contribution in [2.75, 3.05) is 13.2 Å². The highest BCUT2D eigenvalue weighted by Gasteiger charge is 2.30. The molecule has 114 valence electrons. The van der Waals surface area contributed by atoms with Crippen LogP contribution in [0.4, 0.5) is 0 Å². The maximum Gasteiger partial charge on any atom is 0.239 e. The van der Waals surface area contributed by atoms with Crippen molar-refractivity contribution in [2.45, 2.75) is 13.0 Å². The van der Waals surface area contributed by atoms with E-state index >= 15 is 0 Å². The maximum atomic E-state index is 11.8. The Morgan fingerprint density at radius 3 is 2.55 bits per heavy atom. The molecule has 1 aliphatic rings. The lowest BCUT2D eigenvalue weighted by molar-refractivity contribution is -0.688. The van der Waals surface area contributed by atoms with Crippen molar-refractivity contribution < 1.29 is 14.1 Å². The Morgan fingerprint density at radius 1 is 1.18 bits per heavy atom. The van der Waals surface area contributed by atoms with E-state index in [1.807, 2.05) is 42.7 Å². The summed E-state index contributed by atoms with van der Waals surface area (Å²) in [5, 5.41) is 0. The van der Waals surface area contributed by atoms with Gasteiger partial charge in [-0.05, 0) is 6.42 Å². The number of ether oxygens (including phenoxy) is 1. The second-order valence-electron chi connectivity index (χ2n) is 5.41. The molecule has 1 aromatic heterocycles. The third kappa shape index (κ3) is 3.65. The topological polar surface area (TPSA) is 33.4 Å². The van der Waals surface area contributed by atoms with Gasteiger partial charge in [-0.15, -0.1) is 0 Å². The summed E-state index contributed by atoms with van der Waals surface area (Å²) in [6.45, 7) is 2.02. The van der Waals surface area contributed by atoms with Crippen LogP contribution in [0.25, 0.3) is 0 Å². The van der Waals surface area contributed by atoms with Crippen LogP contribution in [0.1, 0.15) is 12.0 Å². The molecular formula is C17H18BrN2O2+. The summed E-state index contributed by atoms with van der Waals surface area (Å²) in [4.78, 5) is 11.8. The summed E-state index contributed by atoms with van der Waals surface area (Å²) in [5.41, 5.74) is 1.26. The van der Waals surface area contributed by atoms with Gasteiger partial charge < -0.3 is 4.74 Å². The molecule has 0 N–H and O–H groups in total. The number of pyridine rings is 1. The summed E-state index contributed by atoms with van der Waals surface area (Å²) in [6.07, 6.45) is 4.83. The average molecular weight is 362 g/mol. The molecule has 1 unspecified atom stereocenters. The monoisotopic (exact) mass is 361 g/mol. The van der Waals surface area contributed by atoms with Gasteiger partial charge in [0.2, 0.25) is 5.91 Å². The number of hydrogen-bond donors (Lipinski definition) is 0. The van der Waals surface area contributed by atoms with Crippen molar-refractivity contribution in [2.24, 2.45) is 5.92 Å². The lowest BCUT2D eigenvalue weighted by Crippen LogP contribution is -2.33. The highest BCUT2D eigenvalue weighted by Crippen LogP contribution is 2.22. The molecule has 1 aliphatic heterocycles. The molecule has 1 aromatic carbocycles. The Labute approximate surface area is 138 Å². The second kappa shape index (κ2) is 6.92. The Bertz CT molecular complexity index is 631. The third-order valence-corrected chi connectivity index (χ3v) is 4.49.